The molecule has 0 aromatic heterocycles. The summed E-state index contributed by atoms with van der Waals surface area (Å²) in [7, 11) is 1.69. The Morgan fingerprint density at radius 2 is 2.06 bits per heavy atom. The van der Waals surface area contributed by atoms with E-state index in [4.69, 9.17) is 11.5 Å². The summed E-state index contributed by atoms with van der Waals surface area (Å²) in [6, 6.07) is 4.90. The van der Waals surface area contributed by atoms with Gasteiger partial charge >= 0.3 is 0 Å². The second kappa shape index (κ2) is 5.90. The zero-order valence-corrected chi connectivity index (χ0v) is 10.6. The number of likely N-dealkylation sites (N-methyl/N-ethyl adjacent to an activating group) is 2. The van der Waals surface area contributed by atoms with Gasteiger partial charge in [-0.1, -0.05) is 6.07 Å². The number of carbonyl (C=O) groups is 2. The molecule has 6 nitrogen and oxygen atoms in total. The van der Waals surface area contributed by atoms with Crippen molar-refractivity contribution in [1.29, 1.82) is 0 Å². The number of nitrogen functional groups attached to an aromatic ring is 1. The minimum absolute atomic E-state index is 0.113. The molecule has 98 valence electrons. The minimum atomic E-state index is -0.569. The van der Waals surface area contributed by atoms with E-state index in [1.54, 1.807) is 30.1 Å². The third-order valence-electron chi connectivity index (χ3n) is 2.47. The Bertz CT molecular complexity index is 459. The fourth-order valence-electron chi connectivity index (χ4n) is 1.73. The summed E-state index contributed by atoms with van der Waals surface area (Å²) in [5, 5.41) is 2.68. The summed E-state index contributed by atoms with van der Waals surface area (Å²) in [4.78, 5) is 24.5. The third kappa shape index (κ3) is 3.13. The maximum absolute atomic E-state index is 11.5. The van der Waals surface area contributed by atoms with E-state index < -0.39 is 5.91 Å². The summed E-state index contributed by atoms with van der Waals surface area (Å²) in [5.41, 5.74) is 12.3. The SMILES string of the molecule is CCNC(=O)CN(C)c1c(N)cccc1C(N)=O. The largest absolute Gasteiger partial charge is 0.397 e. The van der Waals surface area contributed by atoms with E-state index in [-0.39, 0.29) is 12.5 Å². The molecule has 0 bridgehead atoms. The maximum atomic E-state index is 11.5. The fourth-order valence-corrected chi connectivity index (χ4v) is 1.73. The summed E-state index contributed by atoms with van der Waals surface area (Å²) >= 11 is 0. The quantitative estimate of drug-likeness (QED) is 0.637. The van der Waals surface area contributed by atoms with Crippen LogP contribution in [0, 0.1) is 0 Å². The van der Waals surface area contributed by atoms with E-state index in [1.807, 2.05) is 6.92 Å². The molecule has 1 aromatic carbocycles. The Balaban J connectivity index is 3.00. The Morgan fingerprint density at radius 3 is 2.61 bits per heavy atom. The van der Waals surface area contributed by atoms with Crippen LogP contribution >= 0.6 is 0 Å². The van der Waals surface area contributed by atoms with E-state index in [2.05, 4.69) is 5.32 Å². The number of carbonyl (C=O) groups excluding carboxylic acids is 2. The molecule has 0 saturated heterocycles. The first-order chi connectivity index (χ1) is 8.47. The Hall–Kier alpha value is -2.24. The predicted molar refractivity (Wildman–Crippen MR) is 71.3 cm³/mol. The first-order valence-corrected chi connectivity index (χ1v) is 5.63. The zero-order chi connectivity index (χ0) is 13.7. The van der Waals surface area contributed by atoms with Crippen LogP contribution in [0.2, 0.25) is 0 Å². The number of nitrogens with two attached hydrogens (primary N) is 2. The number of amides is 2. The second-order valence-electron chi connectivity index (χ2n) is 3.92. The molecule has 0 spiro atoms. The molecule has 2 amide bonds. The van der Waals surface area contributed by atoms with Gasteiger partial charge in [-0.3, -0.25) is 9.59 Å². The number of para-hydroxylation sites is 1. The van der Waals surface area contributed by atoms with Gasteiger partial charge in [-0.25, -0.2) is 0 Å². The summed E-state index contributed by atoms with van der Waals surface area (Å²) in [5.74, 6) is -0.710. The molecule has 1 rings (SSSR count). The average Bonchev–Trinajstić information content (AvgIpc) is 2.28. The average molecular weight is 250 g/mol. The number of benzene rings is 1. The molecular weight excluding hydrogens is 232 g/mol. The maximum Gasteiger partial charge on any atom is 0.250 e. The van der Waals surface area contributed by atoms with Crippen LogP contribution in [0.5, 0.6) is 0 Å². The third-order valence-corrected chi connectivity index (χ3v) is 2.47. The van der Waals surface area contributed by atoms with E-state index in [0.29, 0.717) is 23.5 Å². The van der Waals surface area contributed by atoms with Gasteiger partial charge in [0, 0.05) is 13.6 Å². The van der Waals surface area contributed by atoms with Crippen LogP contribution in [0.1, 0.15) is 17.3 Å². The van der Waals surface area contributed by atoms with E-state index >= 15 is 0 Å². The normalized spacial score (nSPS) is 9.89. The van der Waals surface area contributed by atoms with Gasteiger partial charge < -0.3 is 21.7 Å². The molecule has 0 aliphatic rings. The van der Waals surface area contributed by atoms with Gasteiger partial charge in [0.1, 0.15) is 0 Å². The Labute approximate surface area is 106 Å². The van der Waals surface area contributed by atoms with Crippen LogP contribution in [0.3, 0.4) is 0 Å². The van der Waals surface area contributed by atoms with Crippen LogP contribution in [0.25, 0.3) is 0 Å². The second-order valence-corrected chi connectivity index (χ2v) is 3.92. The zero-order valence-electron chi connectivity index (χ0n) is 10.6. The van der Waals surface area contributed by atoms with Crippen LogP contribution in [0.15, 0.2) is 18.2 Å². The van der Waals surface area contributed by atoms with Gasteiger partial charge in [-0.15, -0.1) is 0 Å². The van der Waals surface area contributed by atoms with E-state index in [1.165, 1.54) is 0 Å². The summed E-state index contributed by atoms with van der Waals surface area (Å²) < 4.78 is 0. The molecular formula is C12H18N4O2. The van der Waals surface area contributed by atoms with Crippen molar-refractivity contribution < 1.29 is 9.59 Å². The molecule has 0 heterocycles. The Kier molecular flexibility index (Phi) is 4.53. The van der Waals surface area contributed by atoms with Gasteiger partial charge in [-0.05, 0) is 19.1 Å². The molecule has 0 radical (unpaired) electrons. The number of anilines is 2. The number of primary amides is 1. The molecule has 0 unspecified atom stereocenters. The molecule has 0 fully saturated rings. The lowest BCUT2D eigenvalue weighted by atomic mass is 10.1. The topological polar surface area (TPSA) is 101 Å². The van der Waals surface area contributed by atoms with E-state index in [0.717, 1.165) is 0 Å². The van der Waals surface area contributed by atoms with Gasteiger partial charge in [0.25, 0.3) is 5.91 Å². The van der Waals surface area contributed by atoms with E-state index in [9.17, 15) is 9.59 Å². The molecule has 5 N–H and O–H groups in total. The minimum Gasteiger partial charge on any atom is -0.397 e. The van der Waals surface area contributed by atoms with Gasteiger partial charge in [0.2, 0.25) is 5.91 Å². The molecule has 0 aliphatic carbocycles. The van der Waals surface area contributed by atoms with Crippen molar-refractivity contribution in [1.82, 2.24) is 5.32 Å². The van der Waals surface area contributed by atoms with Crippen LogP contribution in [-0.2, 0) is 4.79 Å². The lowest BCUT2D eigenvalue weighted by Crippen LogP contribution is -2.36. The first-order valence-electron chi connectivity index (χ1n) is 5.63. The van der Waals surface area contributed by atoms with Crippen molar-refractivity contribution in [2.75, 3.05) is 30.8 Å². The summed E-state index contributed by atoms with van der Waals surface area (Å²) in [6.45, 7) is 2.51. The van der Waals surface area contributed by atoms with Crippen molar-refractivity contribution in [3.63, 3.8) is 0 Å². The lowest BCUT2D eigenvalue weighted by molar-refractivity contribution is -0.119. The number of nitrogens with one attached hydrogen (secondary N) is 1. The molecule has 18 heavy (non-hydrogen) atoms. The fraction of sp³-hybridized carbons (Fsp3) is 0.333. The van der Waals surface area contributed by atoms with Gasteiger partial charge in [0.05, 0.1) is 23.5 Å². The van der Waals surface area contributed by atoms with Gasteiger partial charge in [-0.2, -0.15) is 0 Å². The van der Waals surface area contributed by atoms with Crippen molar-refractivity contribution >= 4 is 23.2 Å². The lowest BCUT2D eigenvalue weighted by Gasteiger charge is -2.22. The van der Waals surface area contributed by atoms with Crippen molar-refractivity contribution in [2.24, 2.45) is 5.73 Å². The number of rotatable bonds is 5. The summed E-state index contributed by atoms with van der Waals surface area (Å²) in [6.07, 6.45) is 0. The molecule has 0 aliphatic heterocycles. The Morgan fingerprint density at radius 1 is 1.39 bits per heavy atom. The van der Waals surface area contributed by atoms with Crippen LogP contribution < -0.4 is 21.7 Å². The molecule has 0 atom stereocenters. The number of hydrogen-bond acceptors (Lipinski definition) is 4. The molecule has 0 saturated carbocycles. The van der Waals surface area contributed by atoms with Crippen LogP contribution in [-0.4, -0.2) is 32.0 Å². The number of hydrogen-bond donors (Lipinski definition) is 3. The first kappa shape index (κ1) is 13.8. The monoisotopic (exact) mass is 250 g/mol. The van der Waals surface area contributed by atoms with Crippen molar-refractivity contribution in [3.8, 4) is 0 Å². The van der Waals surface area contributed by atoms with Crippen molar-refractivity contribution in [2.45, 2.75) is 6.92 Å². The van der Waals surface area contributed by atoms with Crippen molar-refractivity contribution in [3.05, 3.63) is 23.8 Å². The smallest absolute Gasteiger partial charge is 0.250 e. The highest BCUT2D eigenvalue weighted by Gasteiger charge is 2.16. The highest BCUT2D eigenvalue weighted by Crippen LogP contribution is 2.26. The highest BCUT2D eigenvalue weighted by atomic mass is 16.2. The number of nitrogens with zero attached hydrogens (tertiary/aromatic N) is 1. The molecule has 6 heteroatoms. The standard InChI is InChI=1S/C12H18N4O2/c1-3-15-10(17)7-16(2)11-8(12(14)18)5-4-6-9(11)13/h4-6H,3,7,13H2,1-2H3,(H2,14,18)(H,15,17). The van der Waals surface area contributed by atoms with Gasteiger partial charge in [0.15, 0.2) is 0 Å². The molecule has 1 aromatic rings. The van der Waals surface area contributed by atoms with Crippen LogP contribution in [0.4, 0.5) is 11.4 Å². The highest BCUT2D eigenvalue weighted by molar-refractivity contribution is 6.02. The predicted octanol–water partition coefficient (Wildman–Crippen LogP) is -0.0600.